The predicted octanol–water partition coefficient (Wildman–Crippen LogP) is -0.128. The Morgan fingerprint density at radius 2 is 2.23 bits per heavy atom. The first-order valence-corrected chi connectivity index (χ1v) is 13.8. The number of aromatic amines is 1. The number of thioether (sulfide) groups is 1. The number of aldehydes is 1. The van der Waals surface area contributed by atoms with Gasteiger partial charge in [-0.1, -0.05) is 28.1 Å². The number of anilines is 2. The number of aliphatic carboxylic acids is 1. The van der Waals surface area contributed by atoms with E-state index < -0.39 is 41.0 Å². The van der Waals surface area contributed by atoms with Gasteiger partial charge in [0.1, 0.15) is 33.5 Å². The van der Waals surface area contributed by atoms with Gasteiger partial charge in [0.15, 0.2) is 17.1 Å². The Bertz CT molecular complexity index is 1620. The molecule has 0 aliphatic carbocycles. The number of allylic oxidation sites excluding steroid dienone is 1. The smallest absolute Gasteiger partial charge is 0.351 e. The lowest BCUT2D eigenvalue weighted by molar-refractivity contribution is -0.664. The summed E-state index contributed by atoms with van der Waals surface area (Å²) in [5.74, 6) is -2.07. The first-order valence-electron chi connectivity index (χ1n) is 11.5. The number of thiazole rings is 1. The van der Waals surface area contributed by atoms with Gasteiger partial charge in [-0.2, -0.15) is 0 Å². The van der Waals surface area contributed by atoms with Crippen LogP contribution >= 0.6 is 34.7 Å². The molecular formula is C22H21ClN9O6S2+. The van der Waals surface area contributed by atoms with E-state index in [0.29, 0.717) is 23.3 Å². The van der Waals surface area contributed by atoms with E-state index in [1.54, 1.807) is 6.20 Å². The highest BCUT2D eigenvalue weighted by Crippen LogP contribution is 2.39. The zero-order valence-electron chi connectivity index (χ0n) is 20.5. The molecule has 0 spiro atoms. The normalized spacial score (nSPS) is 19.7. The van der Waals surface area contributed by atoms with Crippen LogP contribution in [0.1, 0.15) is 12.6 Å². The number of halogens is 1. The van der Waals surface area contributed by atoms with Crippen LogP contribution in [0.2, 0.25) is 4.34 Å². The number of hydrogen-bond donors (Lipinski definition) is 5. The molecule has 2 unspecified atom stereocenters. The molecule has 0 saturated carbocycles. The van der Waals surface area contributed by atoms with Crippen molar-refractivity contribution in [1.29, 1.82) is 0 Å². The summed E-state index contributed by atoms with van der Waals surface area (Å²) in [7, 11) is 0. The van der Waals surface area contributed by atoms with Crippen molar-refractivity contribution in [2.24, 2.45) is 5.16 Å². The lowest BCUT2D eigenvalue weighted by Gasteiger charge is -2.49. The Morgan fingerprint density at radius 1 is 1.45 bits per heavy atom. The Labute approximate surface area is 238 Å². The predicted molar refractivity (Wildman–Crippen MR) is 145 cm³/mol. The Kier molecular flexibility index (Phi) is 7.35. The first-order chi connectivity index (χ1) is 19.1. The number of carbonyl (C=O) groups excluding carboxylic acids is 3. The van der Waals surface area contributed by atoms with Gasteiger partial charge in [-0.25, -0.2) is 14.3 Å². The highest BCUT2D eigenvalue weighted by atomic mass is 35.5. The molecule has 2 amide bonds. The van der Waals surface area contributed by atoms with Crippen LogP contribution < -0.4 is 21.4 Å². The van der Waals surface area contributed by atoms with E-state index in [0.717, 1.165) is 16.9 Å². The second-order valence-corrected chi connectivity index (χ2v) is 11.4. The summed E-state index contributed by atoms with van der Waals surface area (Å²) in [6, 6.07) is 2.62. The number of fused-ring (bicyclic) bond motifs is 2. The molecule has 40 heavy (non-hydrogen) atoms. The molecule has 0 bridgehead atoms. The van der Waals surface area contributed by atoms with Crippen molar-refractivity contribution in [2.45, 2.75) is 31.0 Å². The third-order valence-corrected chi connectivity index (χ3v) is 8.50. The monoisotopic (exact) mass is 606 g/mol. The number of nitrogens with two attached hydrogens (primary N) is 2. The van der Waals surface area contributed by atoms with Crippen molar-refractivity contribution in [3.63, 3.8) is 0 Å². The topological polar surface area (TPSA) is 223 Å². The van der Waals surface area contributed by atoms with Crippen molar-refractivity contribution < 1.29 is 33.7 Å². The molecule has 2 aliphatic rings. The number of carboxylic acid groups (broad SMARTS) is 1. The number of carbonyl (C=O) groups is 4. The van der Waals surface area contributed by atoms with E-state index in [1.807, 2.05) is 16.7 Å². The minimum absolute atomic E-state index is 0.0218. The van der Waals surface area contributed by atoms with Gasteiger partial charge in [0, 0.05) is 11.3 Å². The number of β-lactam (4-membered cyclic amide) rings is 1. The second-order valence-electron chi connectivity index (χ2n) is 8.66. The quantitative estimate of drug-likeness (QED) is 0.0709. The summed E-state index contributed by atoms with van der Waals surface area (Å²) < 4.78 is 1.84. The minimum atomic E-state index is -1.38. The number of nitrogens with one attached hydrogen (secondary N) is 2. The Hall–Kier alpha value is -4.22. The molecule has 3 aromatic heterocycles. The van der Waals surface area contributed by atoms with Crippen molar-refractivity contribution in [1.82, 2.24) is 25.2 Å². The lowest BCUT2D eigenvalue weighted by atomic mass is 10.0. The summed E-state index contributed by atoms with van der Waals surface area (Å²) in [5, 5.41) is 14.8. The van der Waals surface area contributed by atoms with E-state index in [9.17, 15) is 19.2 Å². The molecule has 15 nitrogen and oxygen atoms in total. The fourth-order valence-electron chi connectivity index (χ4n) is 4.14. The lowest BCUT2D eigenvalue weighted by Crippen LogP contribution is -2.70. The van der Waals surface area contributed by atoms with Gasteiger partial charge in [-0.3, -0.25) is 24.3 Å². The van der Waals surface area contributed by atoms with E-state index >= 15 is 0 Å². The number of rotatable bonds is 9. The van der Waals surface area contributed by atoms with Crippen molar-refractivity contribution in [3.8, 4) is 0 Å². The molecule has 3 aromatic rings. The van der Waals surface area contributed by atoms with E-state index in [2.05, 4.69) is 25.4 Å². The number of oxime groups is 1. The first kappa shape index (κ1) is 27.4. The number of pyridine rings is 1. The van der Waals surface area contributed by atoms with Crippen LogP contribution in [0.3, 0.4) is 0 Å². The zero-order chi connectivity index (χ0) is 28.7. The molecule has 18 heteroatoms. The number of carboxylic acids is 1. The molecule has 2 aliphatic heterocycles. The van der Waals surface area contributed by atoms with Crippen LogP contribution in [-0.4, -0.2) is 78.0 Å². The fourth-order valence-corrected chi connectivity index (χ4v) is 6.42. The average molecular weight is 607 g/mol. The van der Waals surface area contributed by atoms with Gasteiger partial charge in [0.25, 0.3) is 11.8 Å². The van der Waals surface area contributed by atoms with E-state index in [1.165, 1.54) is 23.6 Å². The fraction of sp³-hybridized carbons (Fsp3) is 0.273. The number of hydrogen-bond acceptors (Lipinski definition) is 12. The highest BCUT2D eigenvalue weighted by Gasteiger charge is 2.53. The summed E-state index contributed by atoms with van der Waals surface area (Å²) in [5.41, 5.74) is 13.1. The maximum absolute atomic E-state index is 13.2. The van der Waals surface area contributed by atoms with E-state index in [4.69, 9.17) is 33.0 Å². The molecule has 0 aromatic carbocycles. The highest BCUT2D eigenvalue weighted by molar-refractivity contribution is 8.00. The van der Waals surface area contributed by atoms with Gasteiger partial charge < -0.3 is 26.7 Å². The second kappa shape index (κ2) is 10.7. The van der Waals surface area contributed by atoms with Crippen LogP contribution in [0.4, 0.5) is 11.1 Å². The van der Waals surface area contributed by atoms with Crippen LogP contribution in [0.5, 0.6) is 0 Å². The minimum Gasteiger partial charge on any atom is -0.478 e. The van der Waals surface area contributed by atoms with Crippen LogP contribution in [0.15, 0.2) is 34.8 Å². The molecule has 7 N–H and O–H groups in total. The van der Waals surface area contributed by atoms with Crippen LogP contribution in [0, 0.1) is 0 Å². The molecular weight excluding hydrogens is 586 g/mol. The molecule has 3 atom stereocenters. The zero-order valence-corrected chi connectivity index (χ0v) is 22.9. The largest absolute Gasteiger partial charge is 0.478 e. The number of nitrogens with zero attached hydrogens (tertiary/aromatic N) is 5. The third kappa shape index (κ3) is 4.93. The summed E-state index contributed by atoms with van der Waals surface area (Å²) in [4.78, 5) is 67.1. The van der Waals surface area contributed by atoms with Crippen molar-refractivity contribution in [2.75, 3.05) is 17.2 Å². The van der Waals surface area contributed by atoms with Gasteiger partial charge in [-0.05, 0) is 24.0 Å². The standard InChI is InChI=1S/C22H20ClN9O6S2/c1-8(20(36)37)38-30-13(12-15(23)40-22(25)28-12)17(34)27-14-18(35)32-11(6-33)9(7-39-19(14)32)5-31-4-2-3-10-16(31)29-21(24)26-10/h2-4,6,8,14,19H,5,7H2,1H3,(H6,24,25,26,27,28,34,36,37)/p+1/b30-13-/t8-,14?,19?/m0/s1. The molecule has 1 saturated heterocycles. The third-order valence-electron chi connectivity index (χ3n) is 6.08. The number of nitrogen functional groups attached to an aromatic ring is 2. The van der Waals surface area contributed by atoms with Gasteiger partial charge in [0.2, 0.25) is 6.10 Å². The van der Waals surface area contributed by atoms with Crippen LogP contribution in [-0.2, 0) is 30.6 Å². The molecule has 0 radical (unpaired) electrons. The van der Waals surface area contributed by atoms with Gasteiger partial charge >= 0.3 is 17.6 Å². The van der Waals surface area contributed by atoms with Crippen molar-refractivity contribution in [3.05, 3.63) is 39.6 Å². The maximum atomic E-state index is 13.2. The van der Waals surface area contributed by atoms with Gasteiger partial charge in [0.05, 0.1) is 11.9 Å². The molecule has 5 heterocycles. The Morgan fingerprint density at radius 3 is 2.90 bits per heavy atom. The maximum Gasteiger partial charge on any atom is 0.351 e. The number of imidazole rings is 1. The number of H-pyrrole nitrogens is 1. The molecule has 1 fully saturated rings. The molecule has 208 valence electrons. The Balaban J connectivity index is 1.36. The molecule has 5 rings (SSSR count). The van der Waals surface area contributed by atoms with Gasteiger partial charge in [-0.15, -0.1) is 11.8 Å². The van der Waals surface area contributed by atoms with Crippen molar-refractivity contribution >= 4 is 86.7 Å². The SMILES string of the molecule is C[C@H](O/N=C(\C(=O)NC1C(=O)N2C(C=O)=C(C[n+]3cccc4[nH]c(N)nc43)CSC12)c1nc(N)sc1Cl)C(=O)O. The van der Waals surface area contributed by atoms with Crippen LogP contribution in [0.25, 0.3) is 11.2 Å². The van der Waals surface area contributed by atoms with E-state index in [-0.39, 0.29) is 33.4 Å². The average Bonchev–Trinajstić information content (AvgIpc) is 3.47. The number of amides is 2. The number of aromatic nitrogens is 4. The summed E-state index contributed by atoms with van der Waals surface area (Å²) >= 11 is 8.39. The summed E-state index contributed by atoms with van der Waals surface area (Å²) in [6.45, 7) is 1.50. The summed E-state index contributed by atoms with van der Waals surface area (Å²) in [6.07, 6.45) is 1.02.